The van der Waals surface area contributed by atoms with Crippen LogP contribution in [0.3, 0.4) is 0 Å². The Morgan fingerprint density at radius 1 is 1.00 bits per heavy atom. The van der Waals surface area contributed by atoms with E-state index in [0.717, 1.165) is 58.1 Å². The highest BCUT2D eigenvalue weighted by molar-refractivity contribution is 5.96. The number of fused-ring (bicyclic) bond motifs is 1. The number of nitrogens with zero attached hydrogens (tertiary/aromatic N) is 2. The molecule has 1 fully saturated rings. The molecule has 2 heterocycles. The van der Waals surface area contributed by atoms with Crippen LogP contribution in [0.15, 0.2) is 72.9 Å². The van der Waals surface area contributed by atoms with E-state index in [2.05, 4.69) is 21.8 Å². The molecule has 1 aliphatic rings. The Kier molecular flexibility index (Phi) is 4.95. The van der Waals surface area contributed by atoms with Gasteiger partial charge in [0.15, 0.2) is 0 Å². The van der Waals surface area contributed by atoms with Gasteiger partial charge in [-0.1, -0.05) is 54.6 Å². The third-order valence-electron chi connectivity index (χ3n) is 6.23. The molecule has 7 heteroatoms. The van der Waals surface area contributed by atoms with Crippen LogP contribution in [-0.4, -0.2) is 21.2 Å². The fraction of sp³-hybridized carbons (Fsp3) is 0.160. The summed E-state index contributed by atoms with van der Waals surface area (Å²) in [5.41, 5.74) is 7.74. The molecule has 5 rings (SSSR count). The average Bonchev–Trinajstić information content (AvgIpc) is 2.80. The lowest BCUT2D eigenvalue weighted by Crippen LogP contribution is -2.50. The van der Waals surface area contributed by atoms with E-state index in [0.29, 0.717) is 5.82 Å². The van der Waals surface area contributed by atoms with Crippen molar-refractivity contribution in [2.24, 2.45) is 5.84 Å². The summed E-state index contributed by atoms with van der Waals surface area (Å²) in [5, 5.41) is 12.8. The molecule has 160 valence electrons. The van der Waals surface area contributed by atoms with Gasteiger partial charge in [0.25, 0.3) is 0 Å². The third-order valence-corrected chi connectivity index (χ3v) is 6.23. The molecule has 1 aliphatic carbocycles. The molecule has 2 aromatic carbocycles. The number of carbonyl (C=O) groups is 1. The normalized spacial score (nSPS) is 14.5. The zero-order valence-electron chi connectivity index (χ0n) is 17.4. The maximum absolute atomic E-state index is 11.3. The predicted octanol–water partition coefficient (Wildman–Crippen LogP) is 4.90. The van der Waals surface area contributed by atoms with Gasteiger partial charge in [-0.15, -0.1) is 0 Å². The summed E-state index contributed by atoms with van der Waals surface area (Å²) in [7, 11) is 0. The van der Waals surface area contributed by atoms with Gasteiger partial charge in [-0.05, 0) is 42.5 Å². The average molecular weight is 425 g/mol. The molecule has 5 N–H and O–H groups in total. The minimum Gasteiger partial charge on any atom is -0.465 e. The molecule has 1 saturated carbocycles. The number of benzene rings is 2. The molecular weight excluding hydrogens is 402 g/mol. The van der Waals surface area contributed by atoms with Crippen LogP contribution in [0.4, 0.5) is 10.6 Å². The second-order valence-corrected chi connectivity index (χ2v) is 8.06. The zero-order valence-corrected chi connectivity index (χ0v) is 17.4. The predicted molar refractivity (Wildman–Crippen MR) is 125 cm³/mol. The topological polar surface area (TPSA) is 113 Å². The number of amides is 1. The lowest BCUT2D eigenvalue weighted by Gasteiger charge is -2.42. The molecule has 4 aromatic rings. The van der Waals surface area contributed by atoms with Gasteiger partial charge in [-0.3, -0.25) is 0 Å². The Labute approximate surface area is 185 Å². The van der Waals surface area contributed by atoms with Crippen LogP contribution in [0.2, 0.25) is 0 Å². The number of hydrogen-bond donors (Lipinski definition) is 4. The zero-order chi connectivity index (χ0) is 22.1. The first-order valence-corrected chi connectivity index (χ1v) is 10.5. The molecule has 32 heavy (non-hydrogen) atoms. The van der Waals surface area contributed by atoms with E-state index in [1.165, 1.54) is 0 Å². The van der Waals surface area contributed by atoms with E-state index in [4.69, 9.17) is 10.8 Å². The molecule has 0 radical (unpaired) electrons. The first kappa shape index (κ1) is 20.0. The van der Waals surface area contributed by atoms with Crippen molar-refractivity contribution in [1.29, 1.82) is 0 Å². The van der Waals surface area contributed by atoms with E-state index < -0.39 is 11.6 Å². The summed E-state index contributed by atoms with van der Waals surface area (Å²) < 4.78 is 0. The third kappa shape index (κ3) is 3.42. The van der Waals surface area contributed by atoms with Gasteiger partial charge in [0, 0.05) is 22.7 Å². The first-order valence-electron chi connectivity index (χ1n) is 10.5. The molecule has 0 atom stereocenters. The van der Waals surface area contributed by atoms with Gasteiger partial charge in [0.1, 0.15) is 5.82 Å². The Hall–Kier alpha value is -3.97. The maximum atomic E-state index is 11.3. The molecule has 1 amide bonds. The molecule has 0 bridgehead atoms. The highest BCUT2D eigenvalue weighted by Crippen LogP contribution is 2.42. The van der Waals surface area contributed by atoms with E-state index in [9.17, 15) is 9.90 Å². The van der Waals surface area contributed by atoms with Crippen LogP contribution in [0, 0.1) is 0 Å². The Morgan fingerprint density at radius 2 is 1.75 bits per heavy atom. The van der Waals surface area contributed by atoms with Crippen molar-refractivity contribution in [3.05, 3.63) is 78.5 Å². The van der Waals surface area contributed by atoms with E-state index in [1.807, 2.05) is 60.7 Å². The summed E-state index contributed by atoms with van der Waals surface area (Å²) in [6.07, 6.45) is 3.32. The van der Waals surface area contributed by atoms with Crippen LogP contribution in [-0.2, 0) is 5.54 Å². The molecule has 2 aromatic heterocycles. The Bertz CT molecular complexity index is 1290. The van der Waals surface area contributed by atoms with Gasteiger partial charge in [-0.25, -0.2) is 20.6 Å². The molecule has 0 unspecified atom stereocenters. The fourth-order valence-corrected chi connectivity index (χ4v) is 4.44. The minimum atomic E-state index is -0.991. The number of pyridine rings is 2. The van der Waals surface area contributed by atoms with Gasteiger partial charge in [-0.2, -0.15) is 0 Å². The molecule has 0 saturated heterocycles. The number of nitrogen functional groups attached to an aromatic ring is 1. The standard InChI is InChI=1S/C25H23N5O2/c26-30-23-20-15-19(16-5-2-1-3-6-16)22(28-21(20)11-14-27-23)17-7-9-18(10-8-17)25(12-4-13-25)29-24(31)32/h1-3,5-11,14-15,29H,4,12-13,26H2,(H,27,30)(H,31,32). The molecule has 0 aliphatic heterocycles. The van der Waals surface area contributed by atoms with E-state index >= 15 is 0 Å². The van der Waals surface area contributed by atoms with Gasteiger partial charge < -0.3 is 15.8 Å². The molecule has 7 nitrogen and oxygen atoms in total. The lowest BCUT2D eigenvalue weighted by atomic mass is 9.71. The maximum Gasteiger partial charge on any atom is 0.405 e. The quantitative estimate of drug-likeness (QED) is 0.267. The molecular formula is C25H23N5O2. The van der Waals surface area contributed by atoms with Crippen molar-refractivity contribution >= 4 is 22.8 Å². The largest absolute Gasteiger partial charge is 0.465 e. The summed E-state index contributed by atoms with van der Waals surface area (Å²) in [5.74, 6) is 6.25. The number of nitrogens with one attached hydrogen (secondary N) is 2. The number of hydrogen-bond acceptors (Lipinski definition) is 5. The number of anilines is 1. The van der Waals surface area contributed by atoms with Crippen LogP contribution in [0.1, 0.15) is 24.8 Å². The lowest BCUT2D eigenvalue weighted by molar-refractivity contribution is 0.144. The highest BCUT2D eigenvalue weighted by Gasteiger charge is 2.40. The van der Waals surface area contributed by atoms with Crippen molar-refractivity contribution in [3.8, 4) is 22.4 Å². The Balaban J connectivity index is 1.64. The van der Waals surface area contributed by atoms with Gasteiger partial charge in [0.2, 0.25) is 0 Å². The second kappa shape index (κ2) is 7.94. The summed E-state index contributed by atoms with van der Waals surface area (Å²) in [6, 6.07) is 22.0. The summed E-state index contributed by atoms with van der Waals surface area (Å²) in [4.78, 5) is 20.6. The van der Waals surface area contributed by atoms with E-state index in [-0.39, 0.29) is 0 Å². The first-order chi connectivity index (χ1) is 15.6. The summed E-state index contributed by atoms with van der Waals surface area (Å²) >= 11 is 0. The van der Waals surface area contributed by atoms with Crippen molar-refractivity contribution in [3.63, 3.8) is 0 Å². The van der Waals surface area contributed by atoms with E-state index in [1.54, 1.807) is 6.20 Å². The minimum absolute atomic E-state index is 0.489. The number of carboxylic acid groups (broad SMARTS) is 1. The van der Waals surface area contributed by atoms with Gasteiger partial charge in [0.05, 0.1) is 16.7 Å². The van der Waals surface area contributed by atoms with Crippen molar-refractivity contribution in [2.45, 2.75) is 24.8 Å². The molecule has 0 spiro atoms. The number of nitrogens with two attached hydrogens (primary N) is 1. The van der Waals surface area contributed by atoms with Crippen LogP contribution < -0.4 is 16.6 Å². The SMILES string of the molecule is NNc1nccc2nc(-c3ccc(C4(NC(=O)O)CCC4)cc3)c(-c3ccccc3)cc12. The number of rotatable bonds is 5. The van der Waals surface area contributed by atoms with Crippen LogP contribution >= 0.6 is 0 Å². The van der Waals surface area contributed by atoms with Crippen molar-refractivity contribution in [2.75, 3.05) is 5.43 Å². The number of hydrazine groups is 1. The Morgan fingerprint density at radius 3 is 2.38 bits per heavy atom. The summed E-state index contributed by atoms with van der Waals surface area (Å²) in [6.45, 7) is 0. The fourth-order valence-electron chi connectivity index (χ4n) is 4.44. The monoisotopic (exact) mass is 425 g/mol. The smallest absolute Gasteiger partial charge is 0.405 e. The number of aromatic nitrogens is 2. The van der Waals surface area contributed by atoms with Crippen molar-refractivity contribution < 1.29 is 9.90 Å². The van der Waals surface area contributed by atoms with Crippen LogP contribution in [0.25, 0.3) is 33.3 Å². The second-order valence-electron chi connectivity index (χ2n) is 8.06. The highest BCUT2D eigenvalue weighted by atomic mass is 16.4. The van der Waals surface area contributed by atoms with Crippen molar-refractivity contribution in [1.82, 2.24) is 15.3 Å². The van der Waals surface area contributed by atoms with Crippen LogP contribution in [0.5, 0.6) is 0 Å². The van der Waals surface area contributed by atoms with Gasteiger partial charge >= 0.3 is 6.09 Å².